The van der Waals surface area contributed by atoms with E-state index in [1.807, 2.05) is 6.07 Å². The number of aliphatic hydroxyl groups is 1. The summed E-state index contributed by atoms with van der Waals surface area (Å²) in [5.74, 6) is -0.657. The van der Waals surface area contributed by atoms with Crippen LogP contribution in [0.3, 0.4) is 0 Å². The zero-order chi connectivity index (χ0) is 15.2. The zero-order valence-electron chi connectivity index (χ0n) is 11.2. The topological polar surface area (TPSA) is 49.3 Å². The summed E-state index contributed by atoms with van der Waals surface area (Å²) in [6.45, 7) is 1.65. The number of halogens is 3. The number of rotatable bonds is 6. The van der Waals surface area contributed by atoms with E-state index in [2.05, 4.69) is 5.32 Å². The Hall–Kier alpha value is -1.56. The molecule has 2 N–H and O–H groups in total. The molecule has 0 spiro atoms. The van der Waals surface area contributed by atoms with Crippen molar-refractivity contribution in [1.82, 2.24) is 5.32 Å². The molecule has 1 rings (SSSR count). The Bertz CT molecular complexity index is 420. The maximum absolute atomic E-state index is 12.0. The number of carbonyl (C=O) groups is 1. The van der Waals surface area contributed by atoms with E-state index >= 15 is 0 Å². The molecule has 1 amide bonds. The first-order valence-electron chi connectivity index (χ1n) is 6.37. The Morgan fingerprint density at radius 2 is 1.90 bits per heavy atom. The Morgan fingerprint density at radius 1 is 1.30 bits per heavy atom. The fraction of sp³-hybridized carbons (Fsp3) is 0.500. The third kappa shape index (κ3) is 6.56. The van der Waals surface area contributed by atoms with Gasteiger partial charge in [0.05, 0.1) is 12.5 Å². The predicted octanol–water partition coefficient (Wildman–Crippen LogP) is 2.96. The number of hydrogen-bond acceptors (Lipinski definition) is 2. The van der Waals surface area contributed by atoms with Crippen molar-refractivity contribution < 1.29 is 23.1 Å². The Kier molecular flexibility index (Phi) is 6.01. The van der Waals surface area contributed by atoms with Crippen LogP contribution < -0.4 is 5.32 Å². The van der Waals surface area contributed by atoms with E-state index in [4.69, 9.17) is 0 Å². The van der Waals surface area contributed by atoms with Gasteiger partial charge < -0.3 is 10.4 Å². The maximum Gasteiger partial charge on any atom is 0.389 e. The second kappa shape index (κ2) is 7.28. The van der Waals surface area contributed by atoms with Crippen molar-refractivity contribution in [2.75, 3.05) is 0 Å². The first-order chi connectivity index (χ1) is 9.28. The molecule has 1 aromatic rings. The number of nitrogens with one attached hydrogen (secondary N) is 1. The van der Waals surface area contributed by atoms with Crippen LogP contribution in [-0.2, 0) is 4.79 Å². The van der Waals surface area contributed by atoms with E-state index in [1.165, 1.54) is 0 Å². The van der Waals surface area contributed by atoms with Crippen LogP contribution in [0.4, 0.5) is 13.2 Å². The molecule has 1 aromatic carbocycles. The summed E-state index contributed by atoms with van der Waals surface area (Å²) < 4.78 is 35.9. The average molecular weight is 289 g/mol. The van der Waals surface area contributed by atoms with Gasteiger partial charge in [-0.15, -0.1) is 0 Å². The SMILES string of the molecule is C[C@H](C[C@H](O)c1ccccc1)NC(=O)CCC(F)(F)F. The predicted molar refractivity (Wildman–Crippen MR) is 68.9 cm³/mol. The average Bonchev–Trinajstić information content (AvgIpc) is 2.36. The monoisotopic (exact) mass is 289 g/mol. The number of carbonyl (C=O) groups excluding carboxylic acids is 1. The maximum atomic E-state index is 12.0. The van der Waals surface area contributed by atoms with Crippen LogP contribution >= 0.6 is 0 Å². The van der Waals surface area contributed by atoms with Gasteiger partial charge in [0.2, 0.25) is 5.91 Å². The molecule has 6 heteroatoms. The molecule has 20 heavy (non-hydrogen) atoms. The highest BCUT2D eigenvalue weighted by Gasteiger charge is 2.28. The number of hydrogen-bond donors (Lipinski definition) is 2. The van der Waals surface area contributed by atoms with Gasteiger partial charge in [-0.05, 0) is 18.9 Å². The molecular weight excluding hydrogens is 271 g/mol. The molecule has 0 aromatic heterocycles. The summed E-state index contributed by atoms with van der Waals surface area (Å²) in [6.07, 6.45) is -6.55. The summed E-state index contributed by atoms with van der Waals surface area (Å²) >= 11 is 0. The normalized spacial score (nSPS) is 14.7. The van der Waals surface area contributed by atoms with E-state index in [1.54, 1.807) is 31.2 Å². The molecule has 0 radical (unpaired) electrons. The van der Waals surface area contributed by atoms with E-state index in [-0.39, 0.29) is 6.42 Å². The summed E-state index contributed by atoms with van der Waals surface area (Å²) in [7, 11) is 0. The fourth-order valence-electron chi connectivity index (χ4n) is 1.81. The van der Waals surface area contributed by atoms with E-state index < -0.39 is 37.1 Å². The van der Waals surface area contributed by atoms with Crippen molar-refractivity contribution in [2.45, 2.75) is 44.5 Å². The Labute approximate surface area is 115 Å². The molecule has 0 heterocycles. The van der Waals surface area contributed by atoms with Crippen LogP contribution in [0.2, 0.25) is 0 Å². The van der Waals surface area contributed by atoms with Crippen LogP contribution in [0, 0.1) is 0 Å². The second-order valence-electron chi connectivity index (χ2n) is 4.75. The number of aliphatic hydroxyl groups excluding tert-OH is 1. The van der Waals surface area contributed by atoms with Crippen LogP contribution in [0.1, 0.15) is 37.9 Å². The van der Waals surface area contributed by atoms with E-state index in [9.17, 15) is 23.1 Å². The highest BCUT2D eigenvalue weighted by Crippen LogP contribution is 2.21. The zero-order valence-corrected chi connectivity index (χ0v) is 11.2. The second-order valence-corrected chi connectivity index (χ2v) is 4.75. The quantitative estimate of drug-likeness (QED) is 0.846. The molecular formula is C14H18F3NO2. The van der Waals surface area contributed by atoms with Crippen molar-refractivity contribution in [3.8, 4) is 0 Å². The van der Waals surface area contributed by atoms with Gasteiger partial charge in [-0.2, -0.15) is 13.2 Å². The molecule has 3 nitrogen and oxygen atoms in total. The largest absolute Gasteiger partial charge is 0.389 e. The van der Waals surface area contributed by atoms with Crippen LogP contribution in [-0.4, -0.2) is 23.2 Å². The van der Waals surface area contributed by atoms with Crippen molar-refractivity contribution in [2.24, 2.45) is 0 Å². The fourth-order valence-corrected chi connectivity index (χ4v) is 1.81. The minimum Gasteiger partial charge on any atom is -0.388 e. The Balaban J connectivity index is 2.36. The lowest BCUT2D eigenvalue weighted by atomic mass is 10.0. The van der Waals surface area contributed by atoms with Crippen LogP contribution in [0.5, 0.6) is 0 Å². The van der Waals surface area contributed by atoms with Crippen molar-refractivity contribution in [3.05, 3.63) is 35.9 Å². The molecule has 0 aliphatic rings. The summed E-state index contributed by atoms with van der Waals surface area (Å²) in [5, 5.41) is 12.4. The molecule has 0 aliphatic heterocycles. The highest BCUT2D eigenvalue weighted by molar-refractivity contribution is 5.76. The number of alkyl halides is 3. The van der Waals surface area contributed by atoms with Gasteiger partial charge in [-0.25, -0.2) is 0 Å². The molecule has 0 bridgehead atoms. The van der Waals surface area contributed by atoms with Crippen molar-refractivity contribution in [3.63, 3.8) is 0 Å². The van der Waals surface area contributed by atoms with Gasteiger partial charge in [-0.1, -0.05) is 30.3 Å². The van der Waals surface area contributed by atoms with Gasteiger partial charge in [0.25, 0.3) is 0 Å². The molecule has 0 fully saturated rings. The lowest BCUT2D eigenvalue weighted by Gasteiger charge is -2.18. The number of amides is 1. The van der Waals surface area contributed by atoms with Gasteiger partial charge in [0.15, 0.2) is 0 Å². The smallest absolute Gasteiger partial charge is 0.388 e. The van der Waals surface area contributed by atoms with E-state index in [0.29, 0.717) is 5.56 Å². The third-order valence-electron chi connectivity index (χ3n) is 2.80. The highest BCUT2D eigenvalue weighted by atomic mass is 19.4. The number of benzene rings is 1. The van der Waals surface area contributed by atoms with Crippen LogP contribution in [0.25, 0.3) is 0 Å². The summed E-state index contributed by atoms with van der Waals surface area (Å²) in [5.41, 5.74) is 0.712. The standard InChI is InChI=1S/C14H18F3NO2/c1-10(18-13(20)7-8-14(15,16)17)9-12(19)11-5-3-2-4-6-11/h2-6,10,12,19H,7-9H2,1H3,(H,18,20)/t10-,12+/m1/s1. The molecule has 112 valence electrons. The van der Waals surface area contributed by atoms with Crippen molar-refractivity contribution in [1.29, 1.82) is 0 Å². The van der Waals surface area contributed by atoms with Crippen LogP contribution in [0.15, 0.2) is 30.3 Å². The first kappa shape index (κ1) is 16.5. The summed E-state index contributed by atoms with van der Waals surface area (Å²) in [6, 6.07) is 8.49. The van der Waals surface area contributed by atoms with Gasteiger partial charge in [0.1, 0.15) is 0 Å². The summed E-state index contributed by atoms with van der Waals surface area (Å²) in [4.78, 5) is 11.3. The lowest BCUT2D eigenvalue weighted by molar-refractivity contribution is -0.144. The minimum atomic E-state index is -4.33. The molecule has 0 saturated carbocycles. The lowest BCUT2D eigenvalue weighted by Crippen LogP contribution is -2.34. The van der Waals surface area contributed by atoms with Crippen molar-refractivity contribution >= 4 is 5.91 Å². The molecule has 0 unspecified atom stereocenters. The molecule has 0 aliphatic carbocycles. The Morgan fingerprint density at radius 3 is 2.45 bits per heavy atom. The van der Waals surface area contributed by atoms with Gasteiger partial charge in [0, 0.05) is 12.5 Å². The molecule has 0 saturated heterocycles. The van der Waals surface area contributed by atoms with E-state index in [0.717, 1.165) is 0 Å². The first-order valence-corrected chi connectivity index (χ1v) is 6.37. The molecule has 2 atom stereocenters. The third-order valence-corrected chi connectivity index (χ3v) is 2.80. The minimum absolute atomic E-state index is 0.252. The van der Waals surface area contributed by atoms with Gasteiger partial charge >= 0.3 is 6.18 Å². The van der Waals surface area contributed by atoms with Gasteiger partial charge in [-0.3, -0.25) is 4.79 Å².